The minimum absolute atomic E-state index is 0.285. The Labute approximate surface area is 179 Å². The number of rotatable bonds is 8. The van der Waals surface area contributed by atoms with Crippen LogP contribution >= 0.6 is 0 Å². The molecule has 0 saturated carbocycles. The molecule has 30 heavy (non-hydrogen) atoms. The number of amides is 1. The molecule has 3 aromatic rings. The predicted octanol–water partition coefficient (Wildman–Crippen LogP) is 6.15. The molecule has 0 spiro atoms. The van der Waals surface area contributed by atoms with Crippen molar-refractivity contribution in [1.29, 1.82) is 0 Å². The van der Waals surface area contributed by atoms with E-state index in [4.69, 9.17) is 0 Å². The molecule has 3 heteroatoms. The van der Waals surface area contributed by atoms with Crippen molar-refractivity contribution in [3.63, 3.8) is 0 Å². The van der Waals surface area contributed by atoms with E-state index in [1.54, 1.807) is 0 Å². The van der Waals surface area contributed by atoms with E-state index < -0.39 is 0 Å². The Hall–Kier alpha value is -2.81. The minimum atomic E-state index is 0.285. The summed E-state index contributed by atoms with van der Waals surface area (Å²) in [6, 6.07) is 19.1. The van der Waals surface area contributed by atoms with Gasteiger partial charge in [0.1, 0.15) is 0 Å². The number of benzene rings is 2. The zero-order valence-electron chi connectivity index (χ0n) is 18.0. The number of aryl methyl sites for hydroxylation is 2. The summed E-state index contributed by atoms with van der Waals surface area (Å²) in [6.45, 7) is 3.80. The van der Waals surface area contributed by atoms with Crippen molar-refractivity contribution in [2.45, 2.75) is 51.9 Å². The van der Waals surface area contributed by atoms with E-state index in [2.05, 4.69) is 66.5 Å². The molecule has 0 radical (unpaired) electrons. The van der Waals surface area contributed by atoms with Crippen LogP contribution < -0.4 is 0 Å². The SMILES string of the molecule is CCCCc1[nH]c2ccccc2c1CCCC(=O)N1CC=C(c2ccccc2)CC1. The van der Waals surface area contributed by atoms with Gasteiger partial charge in [-0.2, -0.15) is 0 Å². The molecule has 2 heterocycles. The lowest BCUT2D eigenvalue weighted by Crippen LogP contribution is -2.34. The number of para-hydroxylation sites is 1. The molecule has 1 aliphatic rings. The number of hydrogen-bond donors (Lipinski definition) is 1. The molecule has 2 aromatic carbocycles. The number of aromatic amines is 1. The standard InChI is InChI=1S/C27H32N2O/c1-2-3-14-25-24(23-12-7-8-15-26(23)28-25)13-9-16-27(30)29-19-17-22(18-20-29)21-10-5-4-6-11-21/h4-8,10-12,15,17,28H,2-3,9,13-14,16,18-20H2,1H3. The summed E-state index contributed by atoms with van der Waals surface area (Å²) in [5.41, 5.74) is 6.64. The number of carbonyl (C=O) groups is 1. The first-order chi connectivity index (χ1) is 14.8. The zero-order valence-corrected chi connectivity index (χ0v) is 18.0. The average Bonchev–Trinajstić information content (AvgIpc) is 3.16. The average molecular weight is 401 g/mol. The van der Waals surface area contributed by atoms with Gasteiger partial charge in [0.2, 0.25) is 5.91 Å². The molecule has 0 aliphatic carbocycles. The van der Waals surface area contributed by atoms with Gasteiger partial charge in [0.05, 0.1) is 0 Å². The Morgan fingerprint density at radius 2 is 1.80 bits per heavy atom. The number of nitrogens with zero attached hydrogens (tertiary/aromatic N) is 1. The Morgan fingerprint density at radius 1 is 1.00 bits per heavy atom. The molecule has 0 fully saturated rings. The molecule has 3 nitrogen and oxygen atoms in total. The smallest absolute Gasteiger partial charge is 0.222 e. The van der Waals surface area contributed by atoms with Gasteiger partial charge in [-0.3, -0.25) is 4.79 Å². The topological polar surface area (TPSA) is 36.1 Å². The maximum absolute atomic E-state index is 12.8. The van der Waals surface area contributed by atoms with Crippen molar-refractivity contribution in [2.24, 2.45) is 0 Å². The third kappa shape index (κ3) is 4.67. The fraction of sp³-hybridized carbons (Fsp3) is 0.370. The molecule has 0 atom stereocenters. The molecule has 1 N–H and O–H groups in total. The minimum Gasteiger partial charge on any atom is -0.358 e. The van der Waals surface area contributed by atoms with Gasteiger partial charge in [-0.15, -0.1) is 0 Å². The summed E-state index contributed by atoms with van der Waals surface area (Å²) < 4.78 is 0. The normalized spacial score (nSPS) is 14.2. The summed E-state index contributed by atoms with van der Waals surface area (Å²) in [4.78, 5) is 18.4. The maximum Gasteiger partial charge on any atom is 0.222 e. The van der Waals surface area contributed by atoms with E-state index in [9.17, 15) is 4.79 Å². The van der Waals surface area contributed by atoms with Gasteiger partial charge in [-0.05, 0) is 54.9 Å². The first-order valence-electron chi connectivity index (χ1n) is 11.4. The largest absolute Gasteiger partial charge is 0.358 e. The molecular formula is C27H32N2O. The number of aromatic nitrogens is 1. The van der Waals surface area contributed by atoms with Crippen molar-refractivity contribution in [2.75, 3.05) is 13.1 Å². The molecule has 1 amide bonds. The van der Waals surface area contributed by atoms with Crippen LogP contribution in [0.25, 0.3) is 16.5 Å². The van der Waals surface area contributed by atoms with Crippen LogP contribution in [0, 0.1) is 0 Å². The summed E-state index contributed by atoms with van der Waals surface area (Å²) >= 11 is 0. The van der Waals surface area contributed by atoms with Crippen LogP contribution in [0.1, 0.15) is 55.8 Å². The quantitative estimate of drug-likeness (QED) is 0.484. The van der Waals surface area contributed by atoms with Gasteiger partial charge in [-0.1, -0.05) is 68.0 Å². The van der Waals surface area contributed by atoms with Crippen molar-refractivity contribution in [3.05, 3.63) is 77.5 Å². The Bertz CT molecular complexity index is 1020. The lowest BCUT2D eigenvalue weighted by Gasteiger charge is -2.27. The second-order valence-corrected chi connectivity index (χ2v) is 8.27. The number of fused-ring (bicyclic) bond motifs is 1. The van der Waals surface area contributed by atoms with Crippen LogP contribution in [-0.4, -0.2) is 28.9 Å². The van der Waals surface area contributed by atoms with E-state index in [0.717, 1.165) is 38.8 Å². The third-order valence-corrected chi connectivity index (χ3v) is 6.21. The summed E-state index contributed by atoms with van der Waals surface area (Å²) in [6.07, 6.45) is 9.15. The highest BCUT2D eigenvalue weighted by Crippen LogP contribution is 2.26. The second kappa shape index (κ2) is 9.80. The van der Waals surface area contributed by atoms with Gasteiger partial charge in [0, 0.05) is 36.1 Å². The zero-order chi connectivity index (χ0) is 20.8. The van der Waals surface area contributed by atoms with Gasteiger partial charge < -0.3 is 9.88 Å². The number of nitrogens with one attached hydrogen (secondary N) is 1. The van der Waals surface area contributed by atoms with E-state index in [1.165, 1.54) is 46.1 Å². The van der Waals surface area contributed by atoms with Gasteiger partial charge in [0.15, 0.2) is 0 Å². The van der Waals surface area contributed by atoms with Crippen LogP contribution in [0.4, 0.5) is 0 Å². The number of hydrogen-bond acceptors (Lipinski definition) is 1. The van der Waals surface area contributed by atoms with Gasteiger partial charge in [-0.25, -0.2) is 0 Å². The van der Waals surface area contributed by atoms with Crippen LogP contribution in [0.5, 0.6) is 0 Å². The first kappa shape index (κ1) is 20.5. The van der Waals surface area contributed by atoms with E-state index in [-0.39, 0.29) is 5.91 Å². The monoisotopic (exact) mass is 400 g/mol. The number of unbranched alkanes of at least 4 members (excludes halogenated alkanes) is 1. The number of H-pyrrole nitrogens is 1. The molecule has 0 bridgehead atoms. The van der Waals surface area contributed by atoms with Crippen LogP contribution in [0.3, 0.4) is 0 Å². The summed E-state index contributed by atoms with van der Waals surface area (Å²) in [5.74, 6) is 0.285. The molecule has 0 saturated heterocycles. The lowest BCUT2D eigenvalue weighted by molar-refractivity contribution is -0.130. The highest BCUT2D eigenvalue weighted by molar-refractivity contribution is 5.85. The van der Waals surface area contributed by atoms with Crippen molar-refractivity contribution < 1.29 is 4.79 Å². The molecule has 1 aromatic heterocycles. The fourth-order valence-electron chi connectivity index (χ4n) is 4.49. The molecule has 4 rings (SSSR count). The molecular weight excluding hydrogens is 368 g/mol. The van der Waals surface area contributed by atoms with E-state index in [1.807, 2.05) is 11.0 Å². The Balaban J connectivity index is 1.35. The fourth-order valence-corrected chi connectivity index (χ4v) is 4.49. The molecule has 0 unspecified atom stereocenters. The molecule has 1 aliphatic heterocycles. The molecule has 156 valence electrons. The highest BCUT2D eigenvalue weighted by Gasteiger charge is 2.18. The number of carbonyl (C=O) groups excluding carboxylic acids is 1. The van der Waals surface area contributed by atoms with Crippen molar-refractivity contribution in [1.82, 2.24) is 9.88 Å². The van der Waals surface area contributed by atoms with Crippen molar-refractivity contribution >= 4 is 22.4 Å². The summed E-state index contributed by atoms with van der Waals surface area (Å²) in [5, 5.41) is 1.32. The van der Waals surface area contributed by atoms with Gasteiger partial charge >= 0.3 is 0 Å². The van der Waals surface area contributed by atoms with E-state index >= 15 is 0 Å². The predicted molar refractivity (Wildman–Crippen MR) is 125 cm³/mol. The Morgan fingerprint density at radius 3 is 2.57 bits per heavy atom. The van der Waals surface area contributed by atoms with E-state index in [0.29, 0.717) is 6.42 Å². The summed E-state index contributed by atoms with van der Waals surface area (Å²) in [7, 11) is 0. The van der Waals surface area contributed by atoms with Crippen molar-refractivity contribution in [3.8, 4) is 0 Å². The van der Waals surface area contributed by atoms with Crippen LogP contribution in [0.2, 0.25) is 0 Å². The highest BCUT2D eigenvalue weighted by atomic mass is 16.2. The third-order valence-electron chi connectivity index (χ3n) is 6.21. The lowest BCUT2D eigenvalue weighted by atomic mass is 9.99. The Kier molecular flexibility index (Phi) is 6.68. The maximum atomic E-state index is 12.8. The second-order valence-electron chi connectivity index (χ2n) is 8.27. The first-order valence-corrected chi connectivity index (χ1v) is 11.4. The van der Waals surface area contributed by atoms with Crippen LogP contribution in [0.15, 0.2) is 60.7 Å². The van der Waals surface area contributed by atoms with Crippen LogP contribution in [-0.2, 0) is 17.6 Å². The van der Waals surface area contributed by atoms with Gasteiger partial charge in [0.25, 0.3) is 0 Å².